The summed E-state index contributed by atoms with van der Waals surface area (Å²) in [6.07, 6.45) is 0. The molecule has 0 saturated heterocycles. The minimum Gasteiger partial charge on any atom is -0.282 e. The summed E-state index contributed by atoms with van der Waals surface area (Å²) in [5, 5.41) is -1.18. The monoisotopic (exact) mass is 472 g/mol. The van der Waals surface area contributed by atoms with Gasteiger partial charge in [0.15, 0.2) is 0 Å². The van der Waals surface area contributed by atoms with Gasteiger partial charge < -0.3 is 0 Å². The lowest BCUT2D eigenvalue weighted by Gasteiger charge is -2.16. The van der Waals surface area contributed by atoms with Crippen LogP contribution in [0.25, 0.3) is 11.1 Å². The van der Waals surface area contributed by atoms with E-state index in [1.54, 1.807) is 0 Å². The standard InChI is InChI=1S/C12H3Cl7O3S/c13-4-2-1-3(12(6(4)14)23(20,21)22)5-7(15)9(17)11(19)10(18)8(5)16/h1-2H,(H,20,21,22). The van der Waals surface area contributed by atoms with Crippen LogP contribution in [-0.4, -0.2) is 13.0 Å². The third kappa shape index (κ3) is 3.52. The van der Waals surface area contributed by atoms with Gasteiger partial charge in [-0.1, -0.05) is 87.3 Å². The lowest BCUT2D eigenvalue weighted by molar-refractivity contribution is 0.483. The van der Waals surface area contributed by atoms with E-state index in [4.69, 9.17) is 81.2 Å². The Morgan fingerprint density at radius 2 is 1.13 bits per heavy atom. The number of hydrogen-bond acceptors (Lipinski definition) is 2. The third-order valence-corrected chi connectivity index (χ3v) is 6.92. The molecular weight excluding hydrogens is 472 g/mol. The van der Waals surface area contributed by atoms with Crippen molar-refractivity contribution in [2.75, 3.05) is 0 Å². The minimum absolute atomic E-state index is 0.0566. The molecule has 0 aromatic heterocycles. The topological polar surface area (TPSA) is 54.4 Å². The molecule has 3 nitrogen and oxygen atoms in total. The highest BCUT2D eigenvalue weighted by atomic mass is 35.5. The Kier molecular flexibility index (Phi) is 5.95. The largest absolute Gasteiger partial charge is 0.296 e. The van der Waals surface area contributed by atoms with Crippen LogP contribution >= 0.6 is 81.2 Å². The van der Waals surface area contributed by atoms with E-state index in [1.165, 1.54) is 12.1 Å². The summed E-state index contributed by atoms with van der Waals surface area (Å²) < 4.78 is 32.8. The Hall–Kier alpha value is 0.380. The number of halogens is 7. The Labute approximate surface area is 166 Å². The van der Waals surface area contributed by atoms with Crippen LogP contribution in [0.3, 0.4) is 0 Å². The molecule has 2 aromatic rings. The number of hydrogen-bond donors (Lipinski definition) is 1. The minimum atomic E-state index is -4.76. The Bertz CT molecular complexity index is 896. The van der Waals surface area contributed by atoms with Crippen molar-refractivity contribution in [2.45, 2.75) is 4.90 Å². The average molecular weight is 475 g/mol. The van der Waals surface area contributed by atoms with Crippen molar-refractivity contribution < 1.29 is 13.0 Å². The summed E-state index contributed by atoms with van der Waals surface area (Å²) >= 11 is 41.7. The van der Waals surface area contributed by atoms with Crippen LogP contribution in [0.1, 0.15) is 0 Å². The molecule has 0 aliphatic carbocycles. The third-order valence-electron chi connectivity index (χ3n) is 2.79. The van der Waals surface area contributed by atoms with E-state index in [-0.39, 0.29) is 41.3 Å². The molecule has 0 aliphatic heterocycles. The molecule has 0 aliphatic rings. The van der Waals surface area contributed by atoms with Crippen molar-refractivity contribution in [3.8, 4) is 11.1 Å². The quantitative estimate of drug-likeness (QED) is 0.285. The summed E-state index contributed by atoms with van der Waals surface area (Å²) in [5.41, 5.74) is -0.184. The van der Waals surface area contributed by atoms with Crippen LogP contribution in [0.15, 0.2) is 17.0 Å². The molecular formula is C12H3Cl7O3S. The molecule has 124 valence electrons. The first-order chi connectivity index (χ1) is 10.5. The molecule has 0 atom stereocenters. The van der Waals surface area contributed by atoms with Gasteiger partial charge in [-0.2, -0.15) is 8.42 Å². The second-order valence-corrected chi connectivity index (χ2v) is 8.19. The summed E-state index contributed by atoms with van der Waals surface area (Å²) in [5.74, 6) is 0. The van der Waals surface area contributed by atoms with Gasteiger partial charge in [0.05, 0.1) is 35.2 Å². The van der Waals surface area contributed by atoms with Crippen molar-refractivity contribution in [1.82, 2.24) is 0 Å². The smallest absolute Gasteiger partial charge is 0.282 e. The fourth-order valence-corrected chi connectivity index (χ4v) is 4.62. The normalized spacial score (nSPS) is 11.8. The lowest BCUT2D eigenvalue weighted by Crippen LogP contribution is -2.03. The molecule has 0 bridgehead atoms. The van der Waals surface area contributed by atoms with Crippen molar-refractivity contribution in [1.29, 1.82) is 0 Å². The van der Waals surface area contributed by atoms with Crippen LogP contribution in [0, 0.1) is 0 Å². The first-order valence-electron chi connectivity index (χ1n) is 5.45. The first kappa shape index (κ1) is 19.7. The second kappa shape index (κ2) is 6.94. The molecule has 2 aromatic carbocycles. The predicted octanol–water partition coefficient (Wildman–Crippen LogP) is 7.17. The highest BCUT2D eigenvalue weighted by molar-refractivity contribution is 7.86. The van der Waals surface area contributed by atoms with Crippen LogP contribution in [0.2, 0.25) is 35.2 Å². The van der Waals surface area contributed by atoms with Gasteiger partial charge >= 0.3 is 0 Å². The Morgan fingerprint density at radius 3 is 1.57 bits per heavy atom. The van der Waals surface area contributed by atoms with Crippen molar-refractivity contribution in [3.63, 3.8) is 0 Å². The average Bonchev–Trinajstić information content (AvgIpc) is 2.45. The van der Waals surface area contributed by atoms with E-state index in [2.05, 4.69) is 0 Å². The molecule has 2 rings (SSSR count). The number of rotatable bonds is 2. The second-order valence-electron chi connectivity index (χ2n) is 4.16. The van der Waals surface area contributed by atoms with Gasteiger partial charge in [-0.05, 0) is 6.07 Å². The molecule has 11 heteroatoms. The van der Waals surface area contributed by atoms with Crippen molar-refractivity contribution >= 4 is 91.3 Å². The summed E-state index contributed by atoms with van der Waals surface area (Å²) in [7, 11) is -4.76. The molecule has 0 spiro atoms. The maximum absolute atomic E-state index is 11.7. The molecule has 0 saturated carbocycles. The van der Waals surface area contributed by atoms with E-state index in [0.29, 0.717) is 0 Å². The van der Waals surface area contributed by atoms with Gasteiger partial charge in [-0.15, -0.1) is 0 Å². The van der Waals surface area contributed by atoms with Gasteiger partial charge in [-0.3, -0.25) is 4.55 Å². The fraction of sp³-hybridized carbons (Fsp3) is 0. The maximum atomic E-state index is 11.7. The SMILES string of the molecule is O=S(=O)(O)c1c(-c2c(Cl)c(Cl)c(Cl)c(Cl)c2Cl)ccc(Cl)c1Cl. The fourth-order valence-electron chi connectivity index (χ4n) is 1.82. The van der Waals surface area contributed by atoms with Crippen molar-refractivity contribution in [2.24, 2.45) is 0 Å². The highest BCUT2D eigenvalue weighted by Gasteiger charge is 2.28. The van der Waals surface area contributed by atoms with E-state index in [1.807, 2.05) is 0 Å². The summed E-state index contributed by atoms with van der Waals surface area (Å²) in [6.45, 7) is 0. The zero-order valence-electron chi connectivity index (χ0n) is 10.5. The van der Waals surface area contributed by atoms with Crippen LogP contribution in [0.4, 0.5) is 0 Å². The molecule has 0 unspecified atom stereocenters. The highest BCUT2D eigenvalue weighted by Crippen LogP contribution is 2.50. The van der Waals surface area contributed by atoms with Gasteiger partial charge in [0, 0.05) is 11.1 Å². The van der Waals surface area contributed by atoms with Crippen LogP contribution in [-0.2, 0) is 10.1 Å². The molecule has 0 fully saturated rings. The molecule has 0 heterocycles. The number of benzene rings is 2. The van der Waals surface area contributed by atoms with E-state index < -0.39 is 20.0 Å². The van der Waals surface area contributed by atoms with E-state index in [9.17, 15) is 13.0 Å². The van der Waals surface area contributed by atoms with Crippen LogP contribution in [0.5, 0.6) is 0 Å². The predicted molar refractivity (Wildman–Crippen MR) is 96.8 cm³/mol. The van der Waals surface area contributed by atoms with Gasteiger partial charge in [0.1, 0.15) is 4.90 Å². The molecule has 1 N–H and O–H groups in total. The van der Waals surface area contributed by atoms with E-state index in [0.717, 1.165) is 0 Å². The molecule has 23 heavy (non-hydrogen) atoms. The maximum Gasteiger partial charge on any atom is 0.296 e. The molecule has 0 radical (unpaired) electrons. The van der Waals surface area contributed by atoms with Gasteiger partial charge in [0.2, 0.25) is 0 Å². The zero-order chi connectivity index (χ0) is 17.7. The van der Waals surface area contributed by atoms with Crippen LogP contribution < -0.4 is 0 Å². The van der Waals surface area contributed by atoms with Gasteiger partial charge in [0.25, 0.3) is 10.1 Å². The summed E-state index contributed by atoms with van der Waals surface area (Å²) in [6, 6.07) is 2.56. The van der Waals surface area contributed by atoms with Gasteiger partial charge in [-0.25, -0.2) is 0 Å². The van der Waals surface area contributed by atoms with Crippen molar-refractivity contribution in [3.05, 3.63) is 47.3 Å². The summed E-state index contributed by atoms with van der Waals surface area (Å²) in [4.78, 5) is -0.676. The first-order valence-corrected chi connectivity index (χ1v) is 9.54. The van der Waals surface area contributed by atoms with E-state index >= 15 is 0 Å². The Balaban J connectivity index is 3.04. The lowest BCUT2D eigenvalue weighted by atomic mass is 10.1. The zero-order valence-corrected chi connectivity index (χ0v) is 16.6. The molecule has 0 amide bonds. The Morgan fingerprint density at radius 1 is 0.696 bits per heavy atom.